The third kappa shape index (κ3) is 5.19. The van der Waals surface area contributed by atoms with Gasteiger partial charge < -0.3 is 15.4 Å². The van der Waals surface area contributed by atoms with Crippen LogP contribution in [0, 0.1) is 19.8 Å². The molecule has 0 aliphatic heterocycles. The van der Waals surface area contributed by atoms with E-state index in [2.05, 4.69) is 20.6 Å². The van der Waals surface area contributed by atoms with Crippen molar-refractivity contribution in [2.45, 2.75) is 59.0 Å². The summed E-state index contributed by atoms with van der Waals surface area (Å²) in [5.41, 5.74) is 1.08. The Morgan fingerprint density at radius 2 is 2.04 bits per heavy atom. The van der Waals surface area contributed by atoms with E-state index >= 15 is 0 Å². The molecule has 2 N–H and O–H groups in total. The molecule has 134 valence electrons. The second-order valence-corrected chi connectivity index (χ2v) is 7.40. The molecule has 1 saturated carbocycles. The van der Waals surface area contributed by atoms with Crippen LogP contribution in [0.3, 0.4) is 0 Å². The number of aromatic nitrogens is 1. The van der Waals surface area contributed by atoms with E-state index in [1.54, 1.807) is 18.4 Å². The van der Waals surface area contributed by atoms with Gasteiger partial charge in [0.1, 0.15) is 0 Å². The summed E-state index contributed by atoms with van der Waals surface area (Å²) in [6.45, 7) is 7.11. The van der Waals surface area contributed by atoms with E-state index in [0.717, 1.165) is 48.9 Å². The maximum atomic E-state index is 11.8. The van der Waals surface area contributed by atoms with E-state index in [1.807, 2.05) is 20.8 Å². The van der Waals surface area contributed by atoms with E-state index in [4.69, 9.17) is 4.74 Å². The summed E-state index contributed by atoms with van der Waals surface area (Å²) in [4.78, 5) is 21.8. The number of carbonyl (C=O) groups is 1. The number of ether oxygens (including phenoxy) is 1. The molecule has 0 bridgehead atoms. The Bertz CT molecular complexity index is 577. The molecule has 0 amide bonds. The number of aliphatic imine (C=N–C) groups is 1. The van der Waals surface area contributed by atoms with Gasteiger partial charge in [-0.15, -0.1) is 11.3 Å². The van der Waals surface area contributed by atoms with Crippen LogP contribution in [0.5, 0.6) is 0 Å². The summed E-state index contributed by atoms with van der Waals surface area (Å²) in [5.74, 6) is 0.815. The molecule has 0 spiro atoms. The molecule has 0 unspecified atom stereocenters. The molecule has 7 heteroatoms. The molecule has 6 nitrogen and oxygen atoms in total. The van der Waals surface area contributed by atoms with Gasteiger partial charge in [-0.05, 0) is 46.5 Å². The smallest absolute Gasteiger partial charge is 0.308 e. The van der Waals surface area contributed by atoms with Crippen molar-refractivity contribution < 1.29 is 9.53 Å². The molecule has 1 fully saturated rings. The zero-order valence-electron chi connectivity index (χ0n) is 15.0. The van der Waals surface area contributed by atoms with Gasteiger partial charge >= 0.3 is 5.97 Å². The van der Waals surface area contributed by atoms with Gasteiger partial charge in [-0.2, -0.15) is 0 Å². The Balaban J connectivity index is 1.78. The quantitative estimate of drug-likeness (QED) is 0.484. The summed E-state index contributed by atoms with van der Waals surface area (Å²) in [7, 11) is 1.78. The third-order valence-electron chi connectivity index (χ3n) is 4.33. The number of esters is 1. The molecule has 2 rings (SSSR count). The van der Waals surface area contributed by atoms with Gasteiger partial charge in [0.25, 0.3) is 0 Å². The molecule has 1 aliphatic rings. The zero-order chi connectivity index (χ0) is 17.5. The Kier molecular flexibility index (Phi) is 7.02. The van der Waals surface area contributed by atoms with Crippen LogP contribution in [0.15, 0.2) is 4.99 Å². The van der Waals surface area contributed by atoms with E-state index < -0.39 is 0 Å². The van der Waals surface area contributed by atoms with Crippen LogP contribution in [0.1, 0.15) is 48.2 Å². The summed E-state index contributed by atoms with van der Waals surface area (Å²) in [6, 6.07) is 0.353. The van der Waals surface area contributed by atoms with Gasteiger partial charge in [0.05, 0.1) is 29.8 Å². The van der Waals surface area contributed by atoms with Gasteiger partial charge in [0.15, 0.2) is 5.96 Å². The number of thiazole rings is 1. The first-order valence-electron chi connectivity index (χ1n) is 8.60. The molecule has 0 aromatic carbocycles. The van der Waals surface area contributed by atoms with Crippen LogP contribution >= 0.6 is 11.3 Å². The standard InChI is InChI=1S/C17H28N4O2S/c1-5-23-16(22)13-6-8-14(9-7-13)21-17(18-4)19-10-15-11(2)20-12(3)24-15/h13-14H,5-10H2,1-4H3,(H2,18,19,21). The van der Waals surface area contributed by atoms with Crippen molar-refractivity contribution in [3.8, 4) is 0 Å². The average Bonchev–Trinajstić information content (AvgIpc) is 2.89. The number of guanidine groups is 1. The minimum atomic E-state index is -0.0468. The lowest BCUT2D eigenvalue weighted by molar-refractivity contribution is -0.149. The number of nitrogens with zero attached hydrogens (tertiary/aromatic N) is 2. The Morgan fingerprint density at radius 3 is 2.58 bits per heavy atom. The van der Waals surface area contributed by atoms with E-state index in [-0.39, 0.29) is 11.9 Å². The van der Waals surface area contributed by atoms with Gasteiger partial charge in [0.2, 0.25) is 0 Å². The van der Waals surface area contributed by atoms with Crippen LogP contribution in [0.2, 0.25) is 0 Å². The second-order valence-electron chi connectivity index (χ2n) is 6.11. The maximum Gasteiger partial charge on any atom is 0.308 e. The molecule has 0 radical (unpaired) electrons. The van der Waals surface area contributed by atoms with Crippen molar-refractivity contribution in [2.24, 2.45) is 10.9 Å². The van der Waals surface area contributed by atoms with Crippen LogP contribution in [0.25, 0.3) is 0 Å². The number of carbonyl (C=O) groups excluding carboxylic acids is 1. The van der Waals surface area contributed by atoms with E-state index in [9.17, 15) is 4.79 Å². The molecule has 1 aliphatic carbocycles. The second kappa shape index (κ2) is 9.01. The normalized spacial score (nSPS) is 21.4. The van der Waals surface area contributed by atoms with Crippen molar-refractivity contribution in [1.29, 1.82) is 0 Å². The summed E-state index contributed by atoms with van der Waals surface area (Å²) in [5, 5.41) is 7.91. The fraction of sp³-hybridized carbons (Fsp3) is 0.706. The maximum absolute atomic E-state index is 11.8. The van der Waals surface area contributed by atoms with Crippen LogP contribution in [-0.2, 0) is 16.1 Å². The summed E-state index contributed by atoms with van der Waals surface area (Å²) >= 11 is 1.71. The molecule has 1 heterocycles. The lowest BCUT2D eigenvalue weighted by Gasteiger charge is -2.29. The van der Waals surface area contributed by atoms with Crippen molar-refractivity contribution >= 4 is 23.3 Å². The molecule has 1 aromatic heterocycles. The summed E-state index contributed by atoms with van der Waals surface area (Å²) in [6.07, 6.45) is 3.67. The number of nitrogens with one attached hydrogen (secondary N) is 2. The van der Waals surface area contributed by atoms with Crippen LogP contribution < -0.4 is 10.6 Å². The highest BCUT2D eigenvalue weighted by Gasteiger charge is 2.27. The fourth-order valence-electron chi connectivity index (χ4n) is 3.02. The highest BCUT2D eigenvalue weighted by molar-refractivity contribution is 7.11. The average molecular weight is 353 g/mol. The lowest BCUT2D eigenvalue weighted by Crippen LogP contribution is -2.45. The topological polar surface area (TPSA) is 75.6 Å². The highest BCUT2D eigenvalue weighted by Crippen LogP contribution is 2.25. The molecular weight excluding hydrogens is 324 g/mol. The minimum absolute atomic E-state index is 0.0468. The van der Waals surface area contributed by atoms with Crippen LogP contribution in [0.4, 0.5) is 0 Å². The summed E-state index contributed by atoms with van der Waals surface area (Å²) < 4.78 is 5.12. The highest BCUT2D eigenvalue weighted by atomic mass is 32.1. The van der Waals surface area contributed by atoms with Crippen molar-refractivity contribution in [1.82, 2.24) is 15.6 Å². The minimum Gasteiger partial charge on any atom is -0.466 e. The van der Waals surface area contributed by atoms with Gasteiger partial charge in [-0.1, -0.05) is 0 Å². The van der Waals surface area contributed by atoms with Gasteiger partial charge in [-0.3, -0.25) is 9.79 Å². The SMILES string of the molecule is CCOC(=O)C1CCC(NC(=NC)NCc2sc(C)nc2C)CC1. The number of aryl methyl sites for hydroxylation is 2. The molecular formula is C17H28N4O2S. The number of hydrogen-bond acceptors (Lipinski definition) is 5. The van der Waals surface area contributed by atoms with E-state index in [0.29, 0.717) is 12.6 Å². The number of hydrogen-bond donors (Lipinski definition) is 2. The van der Waals surface area contributed by atoms with Crippen molar-refractivity contribution in [3.05, 3.63) is 15.6 Å². The van der Waals surface area contributed by atoms with Crippen molar-refractivity contribution in [3.63, 3.8) is 0 Å². The first kappa shape index (κ1) is 18.7. The molecule has 0 atom stereocenters. The van der Waals surface area contributed by atoms with Crippen LogP contribution in [-0.4, -0.2) is 36.6 Å². The fourth-order valence-corrected chi connectivity index (χ4v) is 3.90. The van der Waals surface area contributed by atoms with E-state index in [1.165, 1.54) is 4.88 Å². The first-order valence-corrected chi connectivity index (χ1v) is 9.41. The monoisotopic (exact) mass is 352 g/mol. The predicted molar refractivity (Wildman–Crippen MR) is 97.3 cm³/mol. The molecule has 24 heavy (non-hydrogen) atoms. The van der Waals surface area contributed by atoms with Gasteiger partial charge in [0, 0.05) is 18.0 Å². The largest absolute Gasteiger partial charge is 0.466 e. The predicted octanol–water partition coefficient (Wildman–Crippen LogP) is 2.55. The number of rotatable bonds is 5. The Hall–Kier alpha value is -1.63. The zero-order valence-corrected chi connectivity index (χ0v) is 15.8. The first-order chi connectivity index (χ1) is 11.5. The molecule has 0 saturated heterocycles. The van der Waals surface area contributed by atoms with Gasteiger partial charge in [-0.25, -0.2) is 4.98 Å². The third-order valence-corrected chi connectivity index (χ3v) is 5.40. The Morgan fingerprint density at radius 1 is 1.33 bits per heavy atom. The van der Waals surface area contributed by atoms with Crippen molar-refractivity contribution in [2.75, 3.05) is 13.7 Å². The molecule has 1 aromatic rings. The lowest BCUT2D eigenvalue weighted by atomic mass is 9.86. The Labute approximate surface area is 148 Å².